The lowest BCUT2D eigenvalue weighted by Crippen LogP contribution is -2.34. The van der Waals surface area contributed by atoms with Crippen molar-refractivity contribution in [2.75, 3.05) is 11.9 Å². The van der Waals surface area contributed by atoms with Crippen LogP contribution in [0.3, 0.4) is 0 Å². The van der Waals surface area contributed by atoms with Crippen molar-refractivity contribution >= 4 is 11.7 Å². The van der Waals surface area contributed by atoms with Crippen LogP contribution in [0.25, 0.3) is 11.4 Å². The summed E-state index contributed by atoms with van der Waals surface area (Å²) in [5, 5.41) is 15.1. The van der Waals surface area contributed by atoms with E-state index in [0.29, 0.717) is 5.69 Å². The van der Waals surface area contributed by atoms with E-state index in [1.54, 1.807) is 6.20 Å². The molecule has 0 aliphatic carbocycles. The van der Waals surface area contributed by atoms with Crippen LogP contribution in [0.2, 0.25) is 0 Å². The summed E-state index contributed by atoms with van der Waals surface area (Å²) < 4.78 is 1.91. The van der Waals surface area contributed by atoms with Gasteiger partial charge in [-0.1, -0.05) is 42.5 Å². The molecule has 1 atom stereocenters. The van der Waals surface area contributed by atoms with E-state index in [-0.39, 0.29) is 12.6 Å². The smallest absolute Gasteiger partial charge is 0.319 e. The number of aliphatic hydroxyl groups is 1. The van der Waals surface area contributed by atoms with Gasteiger partial charge in [0.05, 0.1) is 12.6 Å². The molecule has 0 aliphatic heterocycles. The lowest BCUT2D eigenvalue weighted by molar-refractivity contribution is 0.225. The number of nitrogens with one attached hydrogen (secondary N) is 2. The van der Waals surface area contributed by atoms with E-state index in [4.69, 9.17) is 0 Å². The molecule has 128 valence electrons. The molecule has 0 spiro atoms. The molecule has 0 aliphatic rings. The van der Waals surface area contributed by atoms with Crippen molar-refractivity contribution in [2.24, 2.45) is 7.05 Å². The molecule has 0 bridgehead atoms. The molecule has 1 aromatic heterocycles. The van der Waals surface area contributed by atoms with E-state index in [2.05, 4.69) is 15.6 Å². The largest absolute Gasteiger partial charge is 0.394 e. The molecule has 0 saturated carbocycles. The number of benzene rings is 2. The van der Waals surface area contributed by atoms with Crippen molar-refractivity contribution in [1.29, 1.82) is 0 Å². The molecule has 6 nitrogen and oxygen atoms in total. The first-order valence-corrected chi connectivity index (χ1v) is 7.98. The zero-order chi connectivity index (χ0) is 17.6. The predicted molar refractivity (Wildman–Crippen MR) is 97.1 cm³/mol. The molecule has 0 unspecified atom stereocenters. The number of rotatable bonds is 5. The molecule has 0 fully saturated rings. The minimum absolute atomic E-state index is 0.176. The Morgan fingerprint density at radius 1 is 1.20 bits per heavy atom. The van der Waals surface area contributed by atoms with E-state index in [9.17, 15) is 9.90 Å². The molecule has 25 heavy (non-hydrogen) atoms. The predicted octanol–water partition coefficient (Wildman–Crippen LogP) is 2.94. The number of carbonyl (C=O) groups excluding carboxylic acids is 1. The maximum absolute atomic E-state index is 12.3. The molecule has 0 radical (unpaired) electrons. The van der Waals surface area contributed by atoms with Gasteiger partial charge in [0, 0.05) is 30.7 Å². The zero-order valence-electron chi connectivity index (χ0n) is 13.9. The number of hydrogen-bond acceptors (Lipinski definition) is 3. The minimum atomic E-state index is -0.459. The number of amides is 2. The van der Waals surface area contributed by atoms with Gasteiger partial charge in [0.1, 0.15) is 5.82 Å². The van der Waals surface area contributed by atoms with Crippen LogP contribution in [0.15, 0.2) is 67.0 Å². The highest BCUT2D eigenvalue weighted by molar-refractivity contribution is 5.90. The Morgan fingerprint density at radius 2 is 2.00 bits per heavy atom. The SMILES string of the molecule is Cn1ccnc1-c1cccc(NC(=O)N[C@H](CO)c2ccccc2)c1. The quantitative estimate of drug-likeness (QED) is 0.670. The Morgan fingerprint density at radius 3 is 2.68 bits per heavy atom. The summed E-state index contributed by atoms with van der Waals surface area (Å²) >= 11 is 0. The van der Waals surface area contributed by atoms with Crippen LogP contribution in [0, 0.1) is 0 Å². The van der Waals surface area contributed by atoms with Gasteiger partial charge in [-0.25, -0.2) is 9.78 Å². The van der Waals surface area contributed by atoms with E-state index in [0.717, 1.165) is 17.0 Å². The number of nitrogens with zero attached hydrogens (tertiary/aromatic N) is 2. The first kappa shape index (κ1) is 16.7. The van der Waals surface area contributed by atoms with Gasteiger partial charge in [0.25, 0.3) is 0 Å². The van der Waals surface area contributed by atoms with Gasteiger partial charge in [-0.2, -0.15) is 0 Å². The Balaban J connectivity index is 1.70. The summed E-state index contributed by atoms with van der Waals surface area (Å²) in [5.74, 6) is 0.821. The van der Waals surface area contributed by atoms with Crippen molar-refractivity contribution < 1.29 is 9.90 Å². The van der Waals surface area contributed by atoms with Crippen molar-refractivity contribution in [2.45, 2.75) is 6.04 Å². The number of aromatic nitrogens is 2. The van der Waals surface area contributed by atoms with Crippen LogP contribution in [0.4, 0.5) is 10.5 Å². The van der Waals surface area contributed by atoms with E-state index < -0.39 is 6.04 Å². The lowest BCUT2D eigenvalue weighted by atomic mass is 10.1. The topological polar surface area (TPSA) is 79.2 Å². The zero-order valence-corrected chi connectivity index (χ0v) is 13.9. The summed E-state index contributed by atoms with van der Waals surface area (Å²) in [6.07, 6.45) is 3.60. The monoisotopic (exact) mass is 336 g/mol. The minimum Gasteiger partial charge on any atom is -0.394 e. The van der Waals surface area contributed by atoms with Gasteiger partial charge in [-0.05, 0) is 17.7 Å². The Kier molecular flexibility index (Phi) is 5.11. The number of imidazole rings is 1. The summed E-state index contributed by atoms with van der Waals surface area (Å²) in [6.45, 7) is -0.176. The fourth-order valence-electron chi connectivity index (χ4n) is 2.62. The van der Waals surface area contributed by atoms with Crippen molar-refractivity contribution in [1.82, 2.24) is 14.9 Å². The molecule has 3 aromatic rings. The molecule has 6 heteroatoms. The van der Waals surface area contributed by atoms with Crippen LogP contribution in [-0.2, 0) is 7.05 Å². The van der Waals surface area contributed by atoms with Crippen molar-refractivity contribution in [3.63, 3.8) is 0 Å². The fourth-order valence-corrected chi connectivity index (χ4v) is 2.62. The van der Waals surface area contributed by atoms with Crippen LogP contribution >= 0.6 is 0 Å². The van der Waals surface area contributed by atoms with Gasteiger partial charge in [0.2, 0.25) is 0 Å². The summed E-state index contributed by atoms with van der Waals surface area (Å²) in [7, 11) is 1.92. The van der Waals surface area contributed by atoms with E-state index in [1.165, 1.54) is 0 Å². The van der Waals surface area contributed by atoms with E-state index >= 15 is 0 Å². The van der Waals surface area contributed by atoms with Crippen molar-refractivity contribution in [3.8, 4) is 11.4 Å². The third kappa shape index (κ3) is 4.05. The average Bonchev–Trinajstić information content (AvgIpc) is 3.06. The number of aliphatic hydroxyl groups excluding tert-OH is 1. The second-order valence-corrected chi connectivity index (χ2v) is 5.69. The number of anilines is 1. The second kappa shape index (κ2) is 7.63. The second-order valence-electron chi connectivity index (χ2n) is 5.69. The third-order valence-electron chi connectivity index (χ3n) is 3.89. The lowest BCUT2D eigenvalue weighted by Gasteiger charge is -2.17. The number of urea groups is 1. The van der Waals surface area contributed by atoms with Gasteiger partial charge in [-0.15, -0.1) is 0 Å². The fraction of sp³-hybridized carbons (Fsp3) is 0.158. The highest BCUT2D eigenvalue weighted by Crippen LogP contribution is 2.21. The first-order valence-electron chi connectivity index (χ1n) is 7.98. The third-order valence-corrected chi connectivity index (χ3v) is 3.89. The highest BCUT2D eigenvalue weighted by atomic mass is 16.3. The van der Waals surface area contributed by atoms with E-state index in [1.807, 2.05) is 72.4 Å². The van der Waals surface area contributed by atoms with Crippen LogP contribution in [0.1, 0.15) is 11.6 Å². The normalized spacial score (nSPS) is 11.8. The maximum atomic E-state index is 12.3. The molecule has 2 aromatic carbocycles. The number of hydrogen-bond donors (Lipinski definition) is 3. The summed E-state index contributed by atoms with van der Waals surface area (Å²) in [4.78, 5) is 16.6. The Labute approximate surface area is 146 Å². The Bertz CT molecular complexity index is 845. The maximum Gasteiger partial charge on any atom is 0.319 e. The highest BCUT2D eigenvalue weighted by Gasteiger charge is 2.13. The molecular formula is C19H20N4O2. The molecular weight excluding hydrogens is 316 g/mol. The van der Waals surface area contributed by atoms with Crippen LogP contribution < -0.4 is 10.6 Å². The molecule has 3 rings (SSSR count). The molecule has 0 saturated heterocycles. The molecule has 2 amide bonds. The molecule has 1 heterocycles. The first-order chi connectivity index (χ1) is 12.2. The Hall–Kier alpha value is -3.12. The van der Waals surface area contributed by atoms with Gasteiger partial charge >= 0.3 is 6.03 Å². The average molecular weight is 336 g/mol. The van der Waals surface area contributed by atoms with Gasteiger partial charge < -0.3 is 20.3 Å². The standard InChI is InChI=1S/C19H20N4O2/c1-23-11-10-20-18(23)15-8-5-9-16(12-15)21-19(25)22-17(13-24)14-6-3-2-4-7-14/h2-12,17,24H,13H2,1H3,(H2,21,22,25)/t17-/m1/s1. The van der Waals surface area contributed by atoms with Crippen LogP contribution in [-0.4, -0.2) is 27.3 Å². The number of aryl methyl sites for hydroxylation is 1. The summed E-state index contributed by atoms with van der Waals surface area (Å²) in [5.41, 5.74) is 2.41. The van der Waals surface area contributed by atoms with Gasteiger partial charge in [-0.3, -0.25) is 0 Å². The van der Waals surface area contributed by atoms with Crippen molar-refractivity contribution in [3.05, 3.63) is 72.6 Å². The van der Waals surface area contributed by atoms with Crippen LogP contribution in [0.5, 0.6) is 0 Å². The summed E-state index contributed by atoms with van der Waals surface area (Å²) in [6, 6.07) is 16.0. The number of carbonyl (C=O) groups is 1. The van der Waals surface area contributed by atoms with Gasteiger partial charge in [0.15, 0.2) is 0 Å². The molecule has 3 N–H and O–H groups in total.